The van der Waals surface area contributed by atoms with Gasteiger partial charge < -0.3 is 15.7 Å². The Morgan fingerprint density at radius 1 is 1.54 bits per heavy atom. The number of aliphatic hydroxyl groups is 1. The highest BCUT2D eigenvalue weighted by molar-refractivity contribution is 5.49. The lowest BCUT2D eigenvalue weighted by atomic mass is 10.6. The normalized spacial score (nSPS) is 10.8. The van der Waals surface area contributed by atoms with Crippen molar-refractivity contribution < 1.29 is 9.94 Å². The number of hydrogen-bond acceptors (Lipinski definition) is 4. The average molecular weight is 182 g/mol. The molecular weight excluding hydrogens is 172 g/mol. The maximum absolute atomic E-state index is 8.55. The molecule has 2 aromatic rings. The second kappa shape index (κ2) is 2.98. The van der Waals surface area contributed by atoms with Crippen LogP contribution in [0.3, 0.4) is 0 Å². The highest BCUT2D eigenvalue weighted by atomic mass is 16.7. The maximum Gasteiger partial charge on any atom is 0.173 e. The highest BCUT2D eigenvalue weighted by Crippen LogP contribution is 2.08. The first kappa shape index (κ1) is 7.93. The molecule has 0 aliphatic carbocycles. The Hall–Kier alpha value is -1.69. The summed E-state index contributed by atoms with van der Waals surface area (Å²) in [5.41, 5.74) is 6.34. The monoisotopic (exact) mass is 182 g/mol. The first-order chi connectivity index (χ1) is 6.33. The summed E-state index contributed by atoms with van der Waals surface area (Å²) in [6.45, 7) is 0.206. The van der Waals surface area contributed by atoms with Gasteiger partial charge in [0.1, 0.15) is 12.4 Å². The summed E-state index contributed by atoms with van der Waals surface area (Å²) in [4.78, 5) is 5.15. The molecule has 0 atom stereocenters. The number of fused-ring (bicyclic) bond motifs is 1. The van der Waals surface area contributed by atoms with Crippen LogP contribution >= 0.6 is 0 Å². The van der Waals surface area contributed by atoms with Crippen LogP contribution in [0.4, 0.5) is 5.82 Å². The van der Waals surface area contributed by atoms with E-state index < -0.39 is 0 Å². The van der Waals surface area contributed by atoms with Gasteiger partial charge >= 0.3 is 0 Å². The Bertz CT molecular complexity index is 405. The molecule has 0 saturated heterocycles. The van der Waals surface area contributed by atoms with Crippen molar-refractivity contribution in [1.29, 1.82) is 0 Å². The van der Waals surface area contributed by atoms with Gasteiger partial charge in [-0.3, -0.25) is 0 Å². The van der Waals surface area contributed by atoms with Gasteiger partial charge in [0, 0.05) is 0 Å². The summed E-state index contributed by atoms with van der Waals surface area (Å²) in [7, 11) is 0. The van der Waals surface area contributed by atoms with Gasteiger partial charge in [0.2, 0.25) is 0 Å². The van der Waals surface area contributed by atoms with Crippen molar-refractivity contribution in [2.45, 2.75) is 0 Å². The van der Waals surface area contributed by atoms with Crippen molar-refractivity contribution >= 4 is 11.5 Å². The molecule has 0 saturated carbocycles. The average Bonchev–Trinajstić information content (AvgIpc) is 2.67. The van der Waals surface area contributed by atoms with Crippen molar-refractivity contribution in [3.8, 4) is 0 Å². The largest absolute Gasteiger partial charge is 0.408 e. The minimum atomic E-state index is -0.0273. The van der Waals surface area contributed by atoms with Crippen LogP contribution < -0.4 is 10.6 Å². The third-order valence-corrected chi connectivity index (χ3v) is 1.68. The Labute approximate surface area is 74.1 Å². The summed E-state index contributed by atoms with van der Waals surface area (Å²) in [5, 5.41) is 12.5. The maximum atomic E-state index is 8.55. The number of rotatable bonds is 3. The number of anilines is 1. The number of nitrogen functional groups attached to an aromatic ring is 1. The lowest BCUT2D eigenvalue weighted by Gasteiger charge is -2.02. The lowest BCUT2D eigenvalue weighted by molar-refractivity contribution is 0.0818. The Morgan fingerprint density at radius 3 is 3.15 bits per heavy atom. The molecule has 0 fully saturated rings. The standard InChI is InChI=1S/C7H10N4O2/c8-6-1-2-7-10(13-4-3-12)5-9-11(6)7/h1-2,5,12H,3-4,8H2. The Kier molecular flexibility index (Phi) is 1.82. The zero-order chi connectivity index (χ0) is 9.26. The van der Waals surface area contributed by atoms with Crippen LogP contribution in [0.5, 0.6) is 0 Å². The highest BCUT2D eigenvalue weighted by Gasteiger charge is 2.04. The van der Waals surface area contributed by atoms with E-state index >= 15 is 0 Å². The van der Waals surface area contributed by atoms with E-state index in [0.717, 1.165) is 5.65 Å². The second-order valence-corrected chi connectivity index (χ2v) is 2.54. The van der Waals surface area contributed by atoms with Crippen LogP contribution in [0.1, 0.15) is 0 Å². The van der Waals surface area contributed by atoms with Crippen LogP contribution in [0.2, 0.25) is 0 Å². The van der Waals surface area contributed by atoms with Crippen LogP contribution in [0.15, 0.2) is 18.5 Å². The topological polar surface area (TPSA) is 77.7 Å². The first-order valence-corrected chi connectivity index (χ1v) is 3.87. The molecule has 13 heavy (non-hydrogen) atoms. The molecule has 2 heterocycles. The SMILES string of the molecule is Nc1ccc2n(OCCO)cnn12. The summed E-state index contributed by atoms with van der Waals surface area (Å²) < 4.78 is 3.02. The van der Waals surface area contributed by atoms with Gasteiger partial charge in [-0.05, 0) is 12.1 Å². The van der Waals surface area contributed by atoms with Gasteiger partial charge in [-0.1, -0.05) is 0 Å². The fourth-order valence-corrected chi connectivity index (χ4v) is 1.12. The lowest BCUT2D eigenvalue weighted by Crippen LogP contribution is -2.14. The van der Waals surface area contributed by atoms with Crippen LogP contribution in [-0.2, 0) is 0 Å². The van der Waals surface area contributed by atoms with Gasteiger partial charge in [-0.25, -0.2) is 0 Å². The van der Waals surface area contributed by atoms with Gasteiger partial charge in [0.15, 0.2) is 12.0 Å². The molecule has 6 heteroatoms. The van der Waals surface area contributed by atoms with E-state index in [1.165, 1.54) is 11.1 Å². The van der Waals surface area contributed by atoms with Gasteiger partial charge in [0.25, 0.3) is 0 Å². The zero-order valence-electron chi connectivity index (χ0n) is 6.92. The molecule has 0 radical (unpaired) electrons. The van der Waals surface area contributed by atoms with E-state index in [4.69, 9.17) is 15.7 Å². The predicted octanol–water partition coefficient (Wildman–Crippen LogP) is -0.861. The minimum absolute atomic E-state index is 0.0273. The smallest absolute Gasteiger partial charge is 0.173 e. The van der Waals surface area contributed by atoms with E-state index in [9.17, 15) is 0 Å². The molecule has 0 spiro atoms. The number of nitrogens with zero attached hydrogens (tertiary/aromatic N) is 3. The van der Waals surface area contributed by atoms with Crippen molar-refractivity contribution in [1.82, 2.24) is 14.3 Å². The van der Waals surface area contributed by atoms with Crippen LogP contribution in [-0.4, -0.2) is 32.7 Å². The van der Waals surface area contributed by atoms with Crippen molar-refractivity contribution in [3.63, 3.8) is 0 Å². The van der Waals surface area contributed by atoms with Crippen molar-refractivity contribution in [3.05, 3.63) is 18.5 Å². The Morgan fingerprint density at radius 2 is 2.38 bits per heavy atom. The number of aromatic nitrogens is 3. The molecule has 0 amide bonds. The summed E-state index contributed by atoms with van der Waals surface area (Å²) in [6, 6.07) is 3.53. The summed E-state index contributed by atoms with van der Waals surface area (Å²) in [6.07, 6.45) is 1.50. The quantitative estimate of drug-likeness (QED) is 0.647. The van der Waals surface area contributed by atoms with Gasteiger partial charge in [-0.2, -0.15) is 14.3 Å². The predicted molar refractivity (Wildman–Crippen MR) is 46.1 cm³/mol. The fraction of sp³-hybridized carbons (Fsp3) is 0.286. The second-order valence-electron chi connectivity index (χ2n) is 2.54. The van der Waals surface area contributed by atoms with Crippen LogP contribution in [0, 0.1) is 0 Å². The summed E-state index contributed by atoms with van der Waals surface area (Å²) in [5.74, 6) is 0.557. The molecule has 0 aromatic carbocycles. The number of aliphatic hydroxyl groups excluding tert-OH is 1. The zero-order valence-corrected chi connectivity index (χ0v) is 6.92. The molecule has 0 aliphatic heterocycles. The third-order valence-electron chi connectivity index (χ3n) is 1.68. The van der Waals surface area contributed by atoms with E-state index in [0.29, 0.717) is 5.82 Å². The molecule has 3 N–H and O–H groups in total. The number of nitrogens with two attached hydrogens (primary N) is 1. The molecule has 6 nitrogen and oxygen atoms in total. The van der Waals surface area contributed by atoms with Gasteiger partial charge in [0.05, 0.1) is 6.61 Å². The van der Waals surface area contributed by atoms with E-state index in [1.54, 1.807) is 16.6 Å². The molecule has 70 valence electrons. The fourth-order valence-electron chi connectivity index (χ4n) is 1.12. The van der Waals surface area contributed by atoms with Crippen molar-refractivity contribution in [2.75, 3.05) is 18.9 Å². The van der Waals surface area contributed by atoms with Gasteiger partial charge in [-0.15, -0.1) is 0 Å². The molecule has 0 aliphatic rings. The van der Waals surface area contributed by atoms with E-state index in [2.05, 4.69) is 5.10 Å². The molecule has 2 rings (SSSR count). The molecule has 2 aromatic heterocycles. The molecule has 0 bridgehead atoms. The Balaban J connectivity index is 2.35. The third kappa shape index (κ3) is 1.20. The molecular formula is C7H10N4O2. The summed E-state index contributed by atoms with van der Waals surface area (Å²) >= 11 is 0. The van der Waals surface area contributed by atoms with Crippen molar-refractivity contribution in [2.24, 2.45) is 0 Å². The van der Waals surface area contributed by atoms with Crippen LogP contribution in [0.25, 0.3) is 5.65 Å². The minimum Gasteiger partial charge on any atom is -0.408 e. The van der Waals surface area contributed by atoms with E-state index in [-0.39, 0.29) is 13.2 Å². The van der Waals surface area contributed by atoms with E-state index in [1.807, 2.05) is 0 Å². The molecule has 0 unspecified atom stereocenters. The first-order valence-electron chi connectivity index (χ1n) is 3.87. The number of hydrogen-bond donors (Lipinski definition) is 2.